The molecule has 6 nitrogen and oxygen atoms in total. The number of hydrogen-bond donors (Lipinski definition) is 2. The minimum absolute atomic E-state index is 0.348. The van der Waals surface area contributed by atoms with Gasteiger partial charge >= 0.3 is 18.1 Å². The number of halogens is 5. The van der Waals surface area contributed by atoms with Gasteiger partial charge in [-0.05, 0) is 0 Å². The van der Waals surface area contributed by atoms with Crippen molar-refractivity contribution in [2.24, 2.45) is 0 Å². The number of aromatic nitrogens is 2. The normalized spacial score (nSPS) is 10.6. The highest BCUT2D eigenvalue weighted by molar-refractivity contribution is 5.84. The molecule has 0 bridgehead atoms. The van der Waals surface area contributed by atoms with Gasteiger partial charge in [-0.15, -0.1) is 0 Å². The van der Waals surface area contributed by atoms with E-state index in [1.54, 1.807) is 0 Å². The molecule has 0 atom stereocenters. The smallest absolute Gasteiger partial charge is 0.476 e. The molecule has 0 aliphatic carbocycles. The summed E-state index contributed by atoms with van der Waals surface area (Å²) in [6.07, 6.45) is -6.27. The first-order valence-corrected chi connectivity index (χ1v) is 4.19. The van der Waals surface area contributed by atoms with E-state index in [1.807, 2.05) is 0 Å². The Bertz CT molecular complexity index is 445. The summed E-state index contributed by atoms with van der Waals surface area (Å²) in [5, 5.41) is 15.4. The lowest BCUT2D eigenvalue weighted by atomic mass is 10.4. The second-order valence-corrected chi connectivity index (χ2v) is 2.74. The summed E-state index contributed by atoms with van der Waals surface area (Å²) in [4.78, 5) is 25.6. The fraction of sp³-hybridized carbons (Fsp3) is 0.250. The number of alkyl halides is 5. The summed E-state index contributed by atoms with van der Waals surface area (Å²) < 4.78 is 55.4. The van der Waals surface area contributed by atoms with Gasteiger partial charge in [-0.25, -0.2) is 23.4 Å². The zero-order chi connectivity index (χ0) is 15.2. The van der Waals surface area contributed by atoms with Gasteiger partial charge in [0.25, 0.3) is 6.43 Å². The van der Waals surface area contributed by atoms with Crippen molar-refractivity contribution >= 4 is 11.9 Å². The van der Waals surface area contributed by atoms with Crippen molar-refractivity contribution in [2.45, 2.75) is 12.6 Å². The van der Waals surface area contributed by atoms with Crippen LogP contribution in [0.2, 0.25) is 0 Å². The zero-order valence-electron chi connectivity index (χ0n) is 8.73. The van der Waals surface area contributed by atoms with Gasteiger partial charge in [-0.2, -0.15) is 13.2 Å². The van der Waals surface area contributed by atoms with Crippen LogP contribution in [0.15, 0.2) is 12.4 Å². The fourth-order valence-electron chi connectivity index (χ4n) is 0.561. The molecule has 1 aromatic rings. The van der Waals surface area contributed by atoms with Gasteiger partial charge in [-0.1, -0.05) is 0 Å². The molecule has 1 rings (SSSR count). The number of carboxylic acids is 2. The quantitative estimate of drug-likeness (QED) is 0.804. The van der Waals surface area contributed by atoms with Crippen molar-refractivity contribution in [3.63, 3.8) is 0 Å². The first-order valence-electron chi connectivity index (χ1n) is 4.19. The van der Waals surface area contributed by atoms with Crippen LogP contribution in [0.5, 0.6) is 0 Å². The van der Waals surface area contributed by atoms with E-state index in [1.165, 1.54) is 0 Å². The summed E-state index contributed by atoms with van der Waals surface area (Å²) >= 11 is 0. The van der Waals surface area contributed by atoms with Crippen molar-refractivity contribution in [1.29, 1.82) is 0 Å². The van der Waals surface area contributed by atoms with E-state index in [9.17, 15) is 26.7 Å². The molecule has 19 heavy (non-hydrogen) atoms. The van der Waals surface area contributed by atoms with E-state index in [2.05, 4.69) is 9.97 Å². The van der Waals surface area contributed by atoms with Crippen molar-refractivity contribution < 1.29 is 41.8 Å². The molecule has 0 aliphatic rings. The lowest BCUT2D eigenvalue weighted by Crippen LogP contribution is -2.21. The van der Waals surface area contributed by atoms with Gasteiger partial charge in [0.05, 0.1) is 12.4 Å². The van der Waals surface area contributed by atoms with E-state index < -0.39 is 30.2 Å². The van der Waals surface area contributed by atoms with Gasteiger partial charge in [0.15, 0.2) is 5.69 Å². The molecule has 0 saturated carbocycles. The summed E-state index contributed by atoms with van der Waals surface area (Å²) in [6.45, 7) is 0. The van der Waals surface area contributed by atoms with Crippen LogP contribution in [0.3, 0.4) is 0 Å². The Balaban J connectivity index is 0.000000399. The third-order valence-corrected chi connectivity index (χ3v) is 1.36. The lowest BCUT2D eigenvalue weighted by molar-refractivity contribution is -0.192. The second kappa shape index (κ2) is 6.56. The Kier molecular flexibility index (Phi) is 5.76. The van der Waals surface area contributed by atoms with Crippen LogP contribution in [0, 0.1) is 0 Å². The fourth-order valence-corrected chi connectivity index (χ4v) is 0.561. The highest BCUT2D eigenvalue weighted by Gasteiger charge is 2.38. The van der Waals surface area contributed by atoms with Crippen molar-refractivity contribution in [3.05, 3.63) is 23.8 Å². The van der Waals surface area contributed by atoms with Gasteiger partial charge in [0.2, 0.25) is 0 Å². The minimum Gasteiger partial charge on any atom is -0.476 e. The van der Waals surface area contributed by atoms with Crippen LogP contribution in [0.4, 0.5) is 22.0 Å². The molecular weight excluding hydrogens is 283 g/mol. The summed E-state index contributed by atoms with van der Waals surface area (Å²) in [5.41, 5.74) is -0.876. The first-order chi connectivity index (χ1) is 8.55. The van der Waals surface area contributed by atoms with Gasteiger partial charge in [0, 0.05) is 0 Å². The van der Waals surface area contributed by atoms with Crippen LogP contribution < -0.4 is 0 Å². The largest absolute Gasteiger partial charge is 0.490 e. The number of nitrogens with zero attached hydrogens (tertiary/aromatic N) is 2. The number of hydrogen-bond acceptors (Lipinski definition) is 4. The maximum Gasteiger partial charge on any atom is 0.490 e. The predicted octanol–water partition coefficient (Wildman–Crippen LogP) is 1.75. The minimum atomic E-state index is -5.08. The number of aliphatic carboxylic acids is 1. The second-order valence-electron chi connectivity index (χ2n) is 2.74. The topological polar surface area (TPSA) is 100 Å². The highest BCUT2D eigenvalue weighted by Crippen LogP contribution is 2.14. The first kappa shape index (κ1) is 16.7. The Morgan fingerprint density at radius 2 is 1.58 bits per heavy atom. The maximum absolute atomic E-state index is 11.8. The van der Waals surface area contributed by atoms with Crippen molar-refractivity contribution in [1.82, 2.24) is 9.97 Å². The molecule has 1 heterocycles. The van der Waals surface area contributed by atoms with E-state index in [-0.39, 0.29) is 5.69 Å². The van der Waals surface area contributed by atoms with E-state index in [0.29, 0.717) is 0 Å². The van der Waals surface area contributed by atoms with Gasteiger partial charge in [-0.3, -0.25) is 4.98 Å². The van der Waals surface area contributed by atoms with Crippen LogP contribution >= 0.6 is 0 Å². The summed E-state index contributed by atoms with van der Waals surface area (Å²) in [6, 6.07) is 0. The van der Waals surface area contributed by atoms with Gasteiger partial charge < -0.3 is 10.2 Å². The molecule has 0 fully saturated rings. The van der Waals surface area contributed by atoms with E-state index >= 15 is 0 Å². The molecule has 2 N–H and O–H groups in total. The summed E-state index contributed by atoms with van der Waals surface area (Å²) in [7, 11) is 0. The Morgan fingerprint density at radius 1 is 1.11 bits per heavy atom. The summed E-state index contributed by atoms with van der Waals surface area (Å²) in [5.74, 6) is -4.05. The number of carbonyl (C=O) groups is 2. The average molecular weight is 288 g/mol. The SMILES string of the molecule is O=C(O)C(F)(F)F.O=C(O)c1cnc(C(F)F)cn1. The lowest BCUT2D eigenvalue weighted by Gasteiger charge is -1.96. The number of rotatable bonds is 2. The van der Waals surface area contributed by atoms with E-state index in [0.717, 1.165) is 12.4 Å². The van der Waals surface area contributed by atoms with Crippen LogP contribution in [0.1, 0.15) is 22.6 Å². The molecule has 0 aliphatic heterocycles. The molecule has 0 unspecified atom stereocenters. The zero-order valence-corrected chi connectivity index (χ0v) is 8.73. The Morgan fingerprint density at radius 3 is 1.79 bits per heavy atom. The monoisotopic (exact) mass is 288 g/mol. The average Bonchev–Trinajstić information content (AvgIpc) is 2.28. The van der Waals surface area contributed by atoms with Crippen molar-refractivity contribution in [2.75, 3.05) is 0 Å². The van der Waals surface area contributed by atoms with Gasteiger partial charge in [0.1, 0.15) is 5.69 Å². The molecule has 0 aromatic carbocycles. The molecule has 11 heteroatoms. The maximum atomic E-state index is 11.8. The number of carboxylic acid groups (broad SMARTS) is 2. The third kappa shape index (κ3) is 6.24. The molecular formula is C8H5F5N2O4. The molecule has 0 saturated heterocycles. The van der Waals surface area contributed by atoms with Crippen LogP contribution in [0.25, 0.3) is 0 Å². The van der Waals surface area contributed by atoms with Crippen molar-refractivity contribution in [3.8, 4) is 0 Å². The predicted molar refractivity (Wildman–Crippen MR) is 47.6 cm³/mol. The Hall–Kier alpha value is -2.33. The standard InChI is InChI=1S/C6H4F2N2O2.C2HF3O2/c7-5(8)3-1-10-4(2-9-3)6(11)12;3-2(4,5)1(6)7/h1-2,5H,(H,11,12);(H,6,7). The Labute approximate surface area is 101 Å². The molecule has 0 radical (unpaired) electrons. The molecule has 106 valence electrons. The molecule has 0 spiro atoms. The van der Waals surface area contributed by atoms with Crippen LogP contribution in [-0.2, 0) is 4.79 Å². The molecule has 1 aromatic heterocycles. The highest BCUT2D eigenvalue weighted by atomic mass is 19.4. The van der Waals surface area contributed by atoms with E-state index in [4.69, 9.17) is 15.0 Å². The van der Waals surface area contributed by atoms with Crippen LogP contribution in [-0.4, -0.2) is 38.3 Å². The third-order valence-electron chi connectivity index (χ3n) is 1.36. The number of aromatic carboxylic acids is 1. The molecule has 0 amide bonds.